The van der Waals surface area contributed by atoms with Crippen LogP contribution >= 0.6 is 0 Å². The molecule has 0 amide bonds. The number of nitriles is 1. The summed E-state index contributed by atoms with van der Waals surface area (Å²) < 4.78 is 0. The van der Waals surface area contributed by atoms with E-state index in [0.29, 0.717) is 5.56 Å². The fraction of sp³-hybridized carbons (Fsp3) is 0.0625. The molecule has 0 aliphatic rings. The Morgan fingerprint density at radius 1 is 1.06 bits per heavy atom. The van der Waals surface area contributed by atoms with Crippen molar-refractivity contribution in [1.82, 2.24) is 0 Å². The molecular weight excluding hydrogens is 206 g/mol. The van der Waals surface area contributed by atoms with Crippen molar-refractivity contribution in [2.24, 2.45) is 0 Å². The molecule has 1 heteroatoms. The largest absolute Gasteiger partial charge is 0.192 e. The van der Waals surface area contributed by atoms with Crippen LogP contribution in [0.3, 0.4) is 0 Å². The van der Waals surface area contributed by atoms with E-state index in [1.807, 2.05) is 42.5 Å². The van der Waals surface area contributed by atoms with E-state index in [4.69, 9.17) is 5.26 Å². The topological polar surface area (TPSA) is 23.8 Å². The predicted octanol–water partition coefficient (Wildman–Crippen LogP) is 3.95. The van der Waals surface area contributed by atoms with Crippen molar-refractivity contribution < 1.29 is 0 Å². The van der Waals surface area contributed by atoms with Crippen molar-refractivity contribution in [2.45, 2.75) is 6.42 Å². The highest BCUT2D eigenvalue weighted by Crippen LogP contribution is 2.24. The Morgan fingerprint density at radius 3 is 2.41 bits per heavy atom. The summed E-state index contributed by atoms with van der Waals surface area (Å²) in [5.74, 6) is 0. The van der Waals surface area contributed by atoms with Crippen LogP contribution in [0, 0.1) is 11.3 Å². The lowest BCUT2D eigenvalue weighted by atomic mass is 9.97. The normalized spacial score (nSPS) is 9.59. The lowest BCUT2D eigenvalue weighted by Gasteiger charge is -2.07. The number of rotatable bonds is 3. The minimum Gasteiger partial charge on any atom is -0.192 e. The minimum absolute atomic E-state index is 0.690. The zero-order chi connectivity index (χ0) is 12.1. The first-order chi connectivity index (χ1) is 8.35. The first-order valence-corrected chi connectivity index (χ1v) is 5.54. The molecule has 0 unspecified atom stereocenters. The van der Waals surface area contributed by atoms with Gasteiger partial charge in [0.25, 0.3) is 0 Å². The Hall–Kier alpha value is -2.33. The second kappa shape index (κ2) is 5.14. The molecule has 0 aromatic heterocycles. The van der Waals surface area contributed by atoms with Crippen LogP contribution in [0.1, 0.15) is 11.1 Å². The molecule has 2 aromatic rings. The van der Waals surface area contributed by atoms with Crippen molar-refractivity contribution in [2.75, 3.05) is 0 Å². The van der Waals surface area contributed by atoms with Gasteiger partial charge < -0.3 is 0 Å². The summed E-state index contributed by atoms with van der Waals surface area (Å²) in [6.45, 7) is 3.78. The van der Waals surface area contributed by atoms with E-state index in [1.165, 1.54) is 11.1 Å². The van der Waals surface area contributed by atoms with Gasteiger partial charge in [0.05, 0.1) is 11.6 Å². The van der Waals surface area contributed by atoms with E-state index in [9.17, 15) is 0 Å². The van der Waals surface area contributed by atoms with E-state index >= 15 is 0 Å². The monoisotopic (exact) mass is 219 g/mol. The molecule has 82 valence electrons. The summed E-state index contributed by atoms with van der Waals surface area (Å²) in [5.41, 5.74) is 4.29. The molecule has 2 aromatic carbocycles. The van der Waals surface area contributed by atoms with E-state index in [0.717, 1.165) is 12.0 Å². The van der Waals surface area contributed by atoms with Crippen LogP contribution in [0.2, 0.25) is 0 Å². The van der Waals surface area contributed by atoms with Crippen LogP contribution in [0.15, 0.2) is 61.2 Å². The van der Waals surface area contributed by atoms with Gasteiger partial charge in [0, 0.05) is 0 Å². The van der Waals surface area contributed by atoms with Crippen LogP contribution in [0.25, 0.3) is 11.1 Å². The summed E-state index contributed by atoms with van der Waals surface area (Å²) in [7, 11) is 0. The van der Waals surface area contributed by atoms with Crippen LogP contribution in [0.5, 0.6) is 0 Å². The molecule has 2 rings (SSSR count). The number of hydrogen-bond acceptors (Lipinski definition) is 1. The van der Waals surface area contributed by atoms with E-state index in [-0.39, 0.29) is 0 Å². The quantitative estimate of drug-likeness (QED) is 0.717. The Balaban J connectivity index is 2.45. The minimum atomic E-state index is 0.690. The van der Waals surface area contributed by atoms with Crippen LogP contribution in [0.4, 0.5) is 0 Å². The Labute approximate surface area is 102 Å². The zero-order valence-electron chi connectivity index (χ0n) is 9.56. The van der Waals surface area contributed by atoms with E-state index in [2.05, 4.69) is 24.8 Å². The average Bonchev–Trinajstić information content (AvgIpc) is 2.40. The van der Waals surface area contributed by atoms with Gasteiger partial charge in [-0.25, -0.2) is 0 Å². The maximum absolute atomic E-state index is 8.77. The molecule has 17 heavy (non-hydrogen) atoms. The second-order valence-corrected chi connectivity index (χ2v) is 3.84. The number of benzene rings is 2. The second-order valence-electron chi connectivity index (χ2n) is 3.84. The third-order valence-corrected chi connectivity index (χ3v) is 2.71. The standard InChI is InChI=1S/C16H13N/c1-2-5-14-6-3-4-7-16(14)15-10-8-13(12-17)9-11-15/h2-4,6-11H,1,5H2. The molecule has 0 atom stereocenters. The van der Waals surface area contributed by atoms with Gasteiger partial charge in [0.2, 0.25) is 0 Å². The lowest BCUT2D eigenvalue weighted by Crippen LogP contribution is -1.87. The first-order valence-electron chi connectivity index (χ1n) is 5.54. The van der Waals surface area contributed by atoms with Gasteiger partial charge in [-0.3, -0.25) is 0 Å². The van der Waals surface area contributed by atoms with Crippen LogP contribution in [-0.2, 0) is 6.42 Å². The molecule has 0 heterocycles. The molecule has 0 N–H and O–H groups in total. The summed E-state index contributed by atoms with van der Waals surface area (Å²) in [6.07, 6.45) is 2.76. The average molecular weight is 219 g/mol. The Bertz CT molecular complexity index is 559. The third-order valence-electron chi connectivity index (χ3n) is 2.71. The molecule has 0 saturated carbocycles. The number of allylic oxidation sites excluding steroid dienone is 1. The summed E-state index contributed by atoms with van der Waals surface area (Å²) in [6, 6.07) is 18.1. The molecule has 1 nitrogen and oxygen atoms in total. The fourth-order valence-electron chi connectivity index (χ4n) is 1.86. The first kappa shape index (κ1) is 11.2. The summed E-state index contributed by atoms with van der Waals surface area (Å²) in [5, 5.41) is 8.77. The van der Waals surface area contributed by atoms with Gasteiger partial charge >= 0.3 is 0 Å². The molecular formula is C16H13N. The van der Waals surface area contributed by atoms with Crippen molar-refractivity contribution in [3.05, 3.63) is 72.3 Å². The summed E-state index contributed by atoms with van der Waals surface area (Å²) >= 11 is 0. The Morgan fingerprint density at radius 2 is 1.76 bits per heavy atom. The molecule has 0 spiro atoms. The van der Waals surface area contributed by atoms with Gasteiger partial charge in [0.1, 0.15) is 0 Å². The number of hydrogen-bond donors (Lipinski definition) is 0. The van der Waals surface area contributed by atoms with E-state index in [1.54, 1.807) is 0 Å². The van der Waals surface area contributed by atoms with Gasteiger partial charge in [-0.15, -0.1) is 6.58 Å². The van der Waals surface area contributed by atoms with Crippen molar-refractivity contribution in [1.29, 1.82) is 5.26 Å². The highest BCUT2D eigenvalue weighted by molar-refractivity contribution is 5.68. The predicted molar refractivity (Wildman–Crippen MR) is 70.5 cm³/mol. The van der Waals surface area contributed by atoms with Gasteiger partial charge in [-0.2, -0.15) is 5.26 Å². The van der Waals surface area contributed by atoms with E-state index < -0.39 is 0 Å². The van der Waals surface area contributed by atoms with Crippen molar-refractivity contribution >= 4 is 0 Å². The number of nitrogens with zero attached hydrogens (tertiary/aromatic N) is 1. The Kier molecular flexibility index (Phi) is 3.37. The fourth-order valence-corrected chi connectivity index (χ4v) is 1.86. The smallest absolute Gasteiger partial charge is 0.0991 e. The SMILES string of the molecule is C=CCc1ccccc1-c1ccc(C#N)cc1. The van der Waals surface area contributed by atoms with Gasteiger partial charge in [-0.1, -0.05) is 42.5 Å². The van der Waals surface area contributed by atoms with Crippen LogP contribution < -0.4 is 0 Å². The third kappa shape index (κ3) is 2.43. The molecule has 0 aliphatic carbocycles. The lowest BCUT2D eigenvalue weighted by molar-refractivity contribution is 1.28. The zero-order valence-corrected chi connectivity index (χ0v) is 9.56. The molecule has 0 fully saturated rings. The highest BCUT2D eigenvalue weighted by atomic mass is 14.2. The van der Waals surface area contributed by atoms with Crippen molar-refractivity contribution in [3.8, 4) is 17.2 Å². The maximum Gasteiger partial charge on any atom is 0.0991 e. The maximum atomic E-state index is 8.77. The summed E-state index contributed by atoms with van der Waals surface area (Å²) in [4.78, 5) is 0. The van der Waals surface area contributed by atoms with Gasteiger partial charge in [0.15, 0.2) is 0 Å². The van der Waals surface area contributed by atoms with Crippen LogP contribution in [-0.4, -0.2) is 0 Å². The molecule has 0 radical (unpaired) electrons. The molecule has 0 bridgehead atoms. The van der Waals surface area contributed by atoms with Crippen molar-refractivity contribution in [3.63, 3.8) is 0 Å². The molecule has 0 saturated heterocycles. The highest BCUT2D eigenvalue weighted by Gasteiger charge is 2.02. The molecule has 0 aliphatic heterocycles. The van der Waals surface area contributed by atoms with Gasteiger partial charge in [-0.05, 0) is 35.2 Å².